The molecule has 0 aliphatic carbocycles. The minimum absolute atomic E-state index is 0.190. The maximum atomic E-state index is 5.88. The summed E-state index contributed by atoms with van der Waals surface area (Å²) in [5, 5.41) is 3.48. The summed E-state index contributed by atoms with van der Waals surface area (Å²) in [5.41, 5.74) is 5.11. The molecular weight excluding hydrogens is 374 g/mol. The predicted octanol–water partition coefficient (Wildman–Crippen LogP) is 5.82. The van der Waals surface area contributed by atoms with Crippen molar-refractivity contribution in [2.75, 3.05) is 12.4 Å². The van der Waals surface area contributed by atoms with Gasteiger partial charge in [-0.2, -0.15) is 0 Å². The van der Waals surface area contributed by atoms with Crippen molar-refractivity contribution in [2.45, 2.75) is 32.9 Å². The molecule has 0 spiro atoms. The topological polar surface area (TPSA) is 48.3 Å². The number of aromatic nitrogens is 2. The van der Waals surface area contributed by atoms with Crippen LogP contribution in [0.4, 0.5) is 5.69 Å². The van der Waals surface area contributed by atoms with Crippen molar-refractivity contribution in [3.8, 4) is 17.2 Å². The van der Waals surface area contributed by atoms with E-state index in [4.69, 9.17) is 9.47 Å². The summed E-state index contributed by atoms with van der Waals surface area (Å²) < 4.78 is 13.2. The van der Waals surface area contributed by atoms with Gasteiger partial charge < -0.3 is 14.8 Å². The van der Waals surface area contributed by atoms with Crippen LogP contribution in [0.1, 0.15) is 26.3 Å². The first-order valence-corrected chi connectivity index (χ1v) is 10.0. The van der Waals surface area contributed by atoms with Crippen LogP contribution in [-0.2, 0) is 6.54 Å². The fraction of sp³-hybridized carbons (Fsp3) is 0.240. The Hall–Kier alpha value is -3.47. The monoisotopic (exact) mass is 401 g/mol. The Labute approximate surface area is 177 Å². The SMILES string of the molecule is COc1ccc(-n2cnc3cc(NCc4ccc(OC(C)(C)C)cc4)ccc32)cc1. The van der Waals surface area contributed by atoms with Gasteiger partial charge in [0.05, 0.1) is 18.1 Å². The Morgan fingerprint density at radius 1 is 0.900 bits per heavy atom. The fourth-order valence-electron chi connectivity index (χ4n) is 3.30. The zero-order valence-corrected chi connectivity index (χ0v) is 17.8. The standard InChI is InChI=1S/C25H27N3O2/c1-25(2,3)30-22-10-5-18(6-11-22)16-26-19-7-14-24-23(15-19)27-17-28(24)20-8-12-21(29-4)13-9-20/h5-15,17,26H,16H2,1-4H3. The van der Waals surface area contributed by atoms with Crippen LogP contribution in [0.5, 0.6) is 11.5 Å². The van der Waals surface area contributed by atoms with E-state index in [0.717, 1.165) is 40.5 Å². The van der Waals surface area contributed by atoms with Gasteiger partial charge in [-0.3, -0.25) is 4.57 Å². The number of benzene rings is 3. The van der Waals surface area contributed by atoms with Crippen LogP contribution in [0.2, 0.25) is 0 Å². The number of imidazole rings is 1. The van der Waals surface area contributed by atoms with Crippen LogP contribution >= 0.6 is 0 Å². The van der Waals surface area contributed by atoms with E-state index in [1.165, 1.54) is 5.56 Å². The molecule has 0 saturated heterocycles. The molecule has 3 aromatic carbocycles. The Kier molecular flexibility index (Phi) is 5.36. The highest BCUT2D eigenvalue weighted by Gasteiger charge is 2.11. The first-order valence-electron chi connectivity index (χ1n) is 10.0. The summed E-state index contributed by atoms with van der Waals surface area (Å²) in [6.07, 6.45) is 1.85. The highest BCUT2D eigenvalue weighted by Crippen LogP contribution is 2.24. The summed E-state index contributed by atoms with van der Waals surface area (Å²) in [5.74, 6) is 1.73. The molecule has 0 radical (unpaired) electrons. The van der Waals surface area contributed by atoms with E-state index in [9.17, 15) is 0 Å². The van der Waals surface area contributed by atoms with E-state index < -0.39 is 0 Å². The lowest BCUT2D eigenvalue weighted by Gasteiger charge is -2.21. The van der Waals surface area contributed by atoms with Crippen LogP contribution in [0, 0.1) is 0 Å². The van der Waals surface area contributed by atoms with Crippen molar-refractivity contribution in [2.24, 2.45) is 0 Å². The zero-order chi connectivity index (χ0) is 21.1. The van der Waals surface area contributed by atoms with E-state index in [2.05, 4.69) is 66.0 Å². The van der Waals surface area contributed by atoms with Crippen LogP contribution < -0.4 is 14.8 Å². The summed E-state index contributed by atoms with van der Waals surface area (Å²) in [4.78, 5) is 4.57. The van der Waals surface area contributed by atoms with Gasteiger partial charge in [-0.15, -0.1) is 0 Å². The molecule has 0 amide bonds. The molecule has 0 atom stereocenters. The maximum absolute atomic E-state index is 5.88. The van der Waals surface area contributed by atoms with Gasteiger partial charge in [-0.05, 0) is 80.9 Å². The lowest BCUT2D eigenvalue weighted by atomic mass is 10.1. The largest absolute Gasteiger partial charge is 0.497 e. The molecule has 0 saturated carbocycles. The lowest BCUT2D eigenvalue weighted by Crippen LogP contribution is -2.22. The van der Waals surface area contributed by atoms with Crippen LogP contribution in [0.15, 0.2) is 73.1 Å². The van der Waals surface area contributed by atoms with Gasteiger partial charge in [0.2, 0.25) is 0 Å². The van der Waals surface area contributed by atoms with Crippen LogP contribution in [-0.4, -0.2) is 22.3 Å². The fourth-order valence-corrected chi connectivity index (χ4v) is 3.30. The van der Waals surface area contributed by atoms with Gasteiger partial charge in [0.25, 0.3) is 0 Å². The van der Waals surface area contributed by atoms with Gasteiger partial charge in [0.15, 0.2) is 0 Å². The smallest absolute Gasteiger partial charge is 0.120 e. The number of nitrogens with one attached hydrogen (secondary N) is 1. The Morgan fingerprint density at radius 3 is 2.27 bits per heavy atom. The van der Waals surface area contributed by atoms with E-state index >= 15 is 0 Å². The molecular formula is C25H27N3O2. The first-order chi connectivity index (χ1) is 14.4. The highest BCUT2D eigenvalue weighted by molar-refractivity contribution is 5.81. The molecule has 0 unspecified atom stereocenters. The Balaban J connectivity index is 1.45. The first kappa shape index (κ1) is 19.8. The van der Waals surface area contributed by atoms with Gasteiger partial charge in [-0.1, -0.05) is 12.1 Å². The van der Waals surface area contributed by atoms with E-state index in [0.29, 0.717) is 0 Å². The quantitative estimate of drug-likeness (QED) is 0.442. The normalized spacial score (nSPS) is 11.5. The summed E-state index contributed by atoms with van der Waals surface area (Å²) in [6.45, 7) is 6.89. The van der Waals surface area contributed by atoms with Crippen molar-refractivity contribution in [1.82, 2.24) is 9.55 Å². The van der Waals surface area contributed by atoms with Crippen molar-refractivity contribution in [3.63, 3.8) is 0 Å². The lowest BCUT2D eigenvalue weighted by molar-refractivity contribution is 0.131. The second-order valence-corrected chi connectivity index (χ2v) is 8.23. The van der Waals surface area contributed by atoms with Gasteiger partial charge >= 0.3 is 0 Å². The molecule has 0 bridgehead atoms. The number of ether oxygens (including phenoxy) is 2. The summed E-state index contributed by atoms with van der Waals surface area (Å²) >= 11 is 0. The van der Waals surface area contributed by atoms with Crippen molar-refractivity contribution >= 4 is 16.7 Å². The van der Waals surface area contributed by atoms with Crippen LogP contribution in [0.3, 0.4) is 0 Å². The minimum Gasteiger partial charge on any atom is -0.497 e. The minimum atomic E-state index is -0.190. The van der Waals surface area contributed by atoms with E-state index in [1.807, 2.05) is 42.7 Å². The molecule has 30 heavy (non-hydrogen) atoms. The third-order valence-corrected chi connectivity index (χ3v) is 4.74. The van der Waals surface area contributed by atoms with Crippen molar-refractivity contribution in [1.29, 1.82) is 0 Å². The summed E-state index contributed by atoms with van der Waals surface area (Å²) in [7, 11) is 1.67. The number of hydrogen-bond acceptors (Lipinski definition) is 4. The number of nitrogens with zero attached hydrogens (tertiary/aromatic N) is 2. The summed E-state index contributed by atoms with van der Waals surface area (Å²) in [6, 6.07) is 22.4. The molecule has 0 aliphatic rings. The predicted molar refractivity (Wildman–Crippen MR) is 122 cm³/mol. The molecule has 1 aromatic heterocycles. The average Bonchev–Trinajstić information content (AvgIpc) is 3.15. The molecule has 0 fully saturated rings. The molecule has 154 valence electrons. The molecule has 1 N–H and O–H groups in total. The number of hydrogen-bond donors (Lipinski definition) is 1. The van der Waals surface area contributed by atoms with Gasteiger partial charge in [0.1, 0.15) is 23.4 Å². The van der Waals surface area contributed by atoms with E-state index in [-0.39, 0.29) is 5.60 Å². The number of anilines is 1. The molecule has 4 rings (SSSR count). The van der Waals surface area contributed by atoms with Crippen molar-refractivity contribution < 1.29 is 9.47 Å². The molecule has 5 heteroatoms. The number of rotatable bonds is 6. The van der Waals surface area contributed by atoms with Gasteiger partial charge in [-0.25, -0.2) is 4.98 Å². The average molecular weight is 402 g/mol. The second kappa shape index (κ2) is 8.11. The number of fused-ring (bicyclic) bond motifs is 1. The molecule has 1 heterocycles. The number of methoxy groups -OCH3 is 1. The Bertz CT molecular complexity index is 1120. The van der Waals surface area contributed by atoms with Crippen molar-refractivity contribution in [3.05, 3.63) is 78.6 Å². The second-order valence-electron chi connectivity index (χ2n) is 8.23. The Morgan fingerprint density at radius 2 is 1.60 bits per heavy atom. The van der Waals surface area contributed by atoms with E-state index in [1.54, 1.807) is 7.11 Å². The van der Waals surface area contributed by atoms with Crippen LogP contribution in [0.25, 0.3) is 16.7 Å². The third-order valence-electron chi connectivity index (χ3n) is 4.74. The van der Waals surface area contributed by atoms with Gasteiger partial charge in [0, 0.05) is 17.9 Å². The molecule has 0 aliphatic heterocycles. The maximum Gasteiger partial charge on any atom is 0.120 e. The third kappa shape index (κ3) is 4.57. The molecule has 4 aromatic rings. The molecule has 5 nitrogen and oxygen atoms in total. The zero-order valence-electron chi connectivity index (χ0n) is 17.8. The highest BCUT2D eigenvalue weighted by atomic mass is 16.5.